The number of hydrogen-bond donors (Lipinski definition) is 2. The minimum absolute atomic E-state index is 0.377. The quantitative estimate of drug-likeness (QED) is 0.831. The van der Waals surface area contributed by atoms with Crippen molar-refractivity contribution in [3.05, 3.63) is 16.3 Å². The molecule has 1 heterocycles. The molecule has 0 saturated carbocycles. The monoisotopic (exact) mass is 271 g/mol. The van der Waals surface area contributed by atoms with Crippen molar-refractivity contribution in [2.45, 2.75) is 32.2 Å². The van der Waals surface area contributed by atoms with E-state index in [4.69, 9.17) is 4.74 Å². The third-order valence-electron chi connectivity index (χ3n) is 2.67. The van der Waals surface area contributed by atoms with Crippen LogP contribution in [0.25, 0.3) is 0 Å². The van der Waals surface area contributed by atoms with Crippen LogP contribution >= 0.6 is 11.3 Å². The molecule has 0 aliphatic rings. The molecule has 100 valence electrons. The molecule has 1 aromatic heterocycles. The molecule has 0 aromatic carbocycles. The highest BCUT2D eigenvalue weighted by Crippen LogP contribution is 2.25. The lowest BCUT2D eigenvalue weighted by Gasteiger charge is -2.25. The summed E-state index contributed by atoms with van der Waals surface area (Å²) in [7, 11) is 1.47. The molecule has 1 atom stereocenters. The Morgan fingerprint density at radius 3 is 2.72 bits per heavy atom. The first-order valence-electron chi connectivity index (χ1n) is 5.62. The van der Waals surface area contributed by atoms with Crippen LogP contribution in [0.3, 0.4) is 0 Å². The Labute approximate surface area is 110 Å². The molecule has 2 N–H and O–H groups in total. The molecule has 1 rings (SSSR count). The molecule has 0 fully saturated rings. The minimum Gasteiger partial charge on any atom is -0.495 e. The van der Waals surface area contributed by atoms with Gasteiger partial charge in [0.15, 0.2) is 0 Å². The van der Waals surface area contributed by atoms with E-state index in [-0.39, 0.29) is 0 Å². The Kier molecular flexibility index (Phi) is 4.72. The molecule has 1 aromatic rings. The van der Waals surface area contributed by atoms with Crippen LogP contribution < -0.4 is 10.1 Å². The number of aliphatic carboxylic acids is 1. The summed E-state index contributed by atoms with van der Waals surface area (Å²) >= 11 is 1.22. The number of carboxylic acid groups (broad SMARTS) is 1. The lowest BCUT2D eigenvalue weighted by molar-refractivity contribution is -0.144. The van der Waals surface area contributed by atoms with Gasteiger partial charge in [0.2, 0.25) is 0 Å². The summed E-state index contributed by atoms with van der Waals surface area (Å²) in [6.07, 6.45) is 1.05. The summed E-state index contributed by atoms with van der Waals surface area (Å²) in [5.41, 5.74) is -1.25. The molecule has 0 bridgehead atoms. The van der Waals surface area contributed by atoms with Gasteiger partial charge >= 0.3 is 5.97 Å². The normalized spacial score (nSPS) is 13.7. The van der Waals surface area contributed by atoms with Crippen molar-refractivity contribution in [2.24, 2.45) is 0 Å². The van der Waals surface area contributed by atoms with Crippen LogP contribution in [0.1, 0.15) is 36.4 Å². The van der Waals surface area contributed by atoms with Crippen LogP contribution in [-0.2, 0) is 4.79 Å². The predicted octanol–water partition coefficient (Wildman–Crippen LogP) is 2.13. The van der Waals surface area contributed by atoms with Gasteiger partial charge in [0.05, 0.1) is 7.11 Å². The van der Waals surface area contributed by atoms with E-state index in [0.717, 1.165) is 0 Å². The van der Waals surface area contributed by atoms with E-state index in [0.29, 0.717) is 23.5 Å². The first-order valence-corrected chi connectivity index (χ1v) is 6.50. The second kappa shape index (κ2) is 5.86. The van der Waals surface area contributed by atoms with Crippen molar-refractivity contribution >= 4 is 23.2 Å². The number of hydrogen-bond acceptors (Lipinski definition) is 4. The van der Waals surface area contributed by atoms with Crippen molar-refractivity contribution in [2.75, 3.05) is 7.11 Å². The van der Waals surface area contributed by atoms with Crippen LogP contribution in [0, 0.1) is 0 Å². The van der Waals surface area contributed by atoms with Crippen molar-refractivity contribution in [3.8, 4) is 5.75 Å². The molecule has 6 heteroatoms. The Hall–Kier alpha value is -1.56. The number of carbonyl (C=O) groups excluding carboxylic acids is 1. The van der Waals surface area contributed by atoms with Gasteiger partial charge < -0.3 is 15.2 Å². The SMILES string of the molecule is CCCC(C)(NC(=O)c1sccc1OC)C(=O)O. The molecule has 18 heavy (non-hydrogen) atoms. The summed E-state index contributed by atoms with van der Waals surface area (Å²) in [6, 6.07) is 1.68. The number of amides is 1. The molecule has 1 unspecified atom stereocenters. The number of thiophene rings is 1. The van der Waals surface area contributed by atoms with E-state index in [1.165, 1.54) is 25.4 Å². The fraction of sp³-hybridized carbons (Fsp3) is 0.500. The van der Waals surface area contributed by atoms with E-state index < -0.39 is 17.4 Å². The van der Waals surface area contributed by atoms with Gasteiger partial charge in [-0.15, -0.1) is 11.3 Å². The molecular formula is C12H17NO4S. The second-order valence-electron chi connectivity index (χ2n) is 4.16. The third kappa shape index (κ3) is 3.01. The second-order valence-corrected chi connectivity index (χ2v) is 5.08. The summed E-state index contributed by atoms with van der Waals surface area (Å²) in [4.78, 5) is 23.7. The molecule has 1 amide bonds. The molecule has 0 aliphatic heterocycles. The first kappa shape index (κ1) is 14.5. The number of carboxylic acids is 1. The highest BCUT2D eigenvalue weighted by Gasteiger charge is 2.34. The fourth-order valence-electron chi connectivity index (χ4n) is 1.65. The Morgan fingerprint density at radius 1 is 1.56 bits per heavy atom. The average Bonchev–Trinajstić information content (AvgIpc) is 2.76. The maximum absolute atomic E-state index is 12.0. The van der Waals surface area contributed by atoms with E-state index >= 15 is 0 Å². The van der Waals surface area contributed by atoms with Crippen molar-refractivity contribution < 1.29 is 19.4 Å². The Bertz CT molecular complexity index is 443. The Morgan fingerprint density at radius 2 is 2.22 bits per heavy atom. The maximum Gasteiger partial charge on any atom is 0.329 e. The zero-order chi connectivity index (χ0) is 13.8. The van der Waals surface area contributed by atoms with Gasteiger partial charge in [0.1, 0.15) is 16.2 Å². The topological polar surface area (TPSA) is 75.6 Å². The molecule has 0 saturated heterocycles. The van der Waals surface area contributed by atoms with Gasteiger partial charge in [-0.1, -0.05) is 13.3 Å². The maximum atomic E-state index is 12.0. The van der Waals surface area contributed by atoms with Crippen molar-refractivity contribution in [3.63, 3.8) is 0 Å². The predicted molar refractivity (Wildman–Crippen MR) is 69.3 cm³/mol. The third-order valence-corrected chi connectivity index (χ3v) is 3.56. The van der Waals surface area contributed by atoms with Gasteiger partial charge in [0.25, 0.3) is 5.91 Å². The number of nitrogens with one attached hydrogen (secondary N) is 1. The van der Waals surface area contributed by atoms with E-state index in [1.807, 2.05) is 6.92 Å². The van der Waals surface area contributed by atoms with E-state index in [2.05, 4.69) is 5.32 Å². The zero-order valence-corrected chi connectivity index (χ0v) is 11.5. The molecule has 0 spiro atoms. The standard InChI is InChI=1S/C12H17NO4S/c1-4-6-12(2,11(15)16)13-10(14)9-8(17-3)5-7-18-9/h5,7H,4,6H2,1-3H3,(H,13,14)(H,15,16). The van der Waals surface area contributed by atoms with Gasteiger partial charge in [-0.2, -0.15) is 0 Å². The molecule has 0 radical (unpaired) electrons. The van der Waals surface area contributed by atoms with Crippen LogP contribution in [0.5, 0.6) is 5.75 Å². The van der Waals surface area contributed by atoms with E-state index in [9.17, 15) is 14.7 Å². The number of ether oxygens (including phenoxy) is 1. The first-order chi connectivity index (χ1) is 8.44. The molecule has 0 aliphatic carbocycles. The minimum atomic E-state index is -1.25. The van der Waals surface area contributed by atoms with Gasteiger partial charge in [0, 0.05) is 0 Å². The lowest BCUT2D eigenvalue weighted by atomic mass is 9.96. The lowest BCUT2D eigenvalue weighted by Crippen LogP contribution is -2.52. The fourth-order valence-corrected chi connectivity index (χ4v) is 2.41. The van der Waals surface area contributed by atoms with Crippen molar-refractivity contribution in [1.29, 1.82) is 0 Å². The zero-order valence-electron chi connectivity index (χ0n) is 10.6. The number of rotatable bonds is 6. The highest BCUT2D eigenvalue weighted by molar-refractivity contribution is 7.12. The van der Waals surface area contributed by atoms with Crippen LogP contribution in [-0.4, -0.2) is 29.6 Å². The van der Waals surface area contributed by atoms with Crippen molar-refractivity contribution in [1.82, 2.24) is 5.32 Å². The summed E-state index contributed by atoms with van der Waals surface area (Å²) in [5, 5.41) is 13.5. The van der Waals surface area contributed by atoms with Crippen LogP contribution in [0.4, 0.5) is 0 Å². The number of carbonyl (C=O) groups is 2. The molecule has 5 nitrogen and oxygen atoms in total. The highest BCUT2D eigenvalue weighted by atomic mass is 32.1. The Balaban J connectivity index is 2.89. The van der Waals surface area contributed by atoms with Gasteiger partial charge in [-0.25, -0.2) is 4.79 Å². The largest absolute Gasteiger partial charge is 0.495 e. The summed E-state index contributed by atoms with van der Waals surface area (Å²) in [5.74, 6) is -0.991. The van der Waals surface area contributed by atoms with Crippen LogP contribution in [0.2, 0.25) is 0 Å². The van der Waals surface area contributed by atoms with Gasteiger partial charge in [-0.05, 0) is 24.8 Å². The average molecular weight is 271 g/mol. The van der Waals surface area contributed by atoms with E-state index in [1.54, 1.807) is 11.4 Å². The van der Waals surface area contributed by atoms with Crippen LogP contribution in [0.15, 0.2) is 11.4 Å². The smallest absolute Gasteiger partial charge is 0.329 e. The summed E-state index contributed by atoms with van der Waals surface area (Å²) < 4.78 is 5.04. The number of methoxy groups -OCH3 is 1. The summed E-state index contributed by atoms with van der Waals surface area (Å²) in [6.45, 7) is 3.38. The molecular weight excluding hydrogens is 254 g/mol. The van der Waals surface area contributed by atoms with Gasteiger partial charge in [-0.3, -0.25) is 4.79 Å².